The third-order valence-corrected chi connectivity index (χ3v) is 5.12. The molecule has 4 nitrogen and oxygen atoms in total. The van der Waals surface area contributed by atoms with E-state index in [0.717, 1.165) is 11.3 Å². The smallest absolute Gasteiger partial charge is 0.255 e. The molecule has 0 aromatic heterocycles. The first-order chi connectivity index (χ1) is 12.9. The molecule has 140 valence electrons. The Balaban J connectivity index is 1.94. The zero-order chi connectivity index (χ0) is 19.6. The van der Waals surface area contributed by atoms with Crippen molar-refractivity contribution in [2.45, 2.75) is 32.7 Å². The Hall–Kier alpha value is -2.37. The minimum absolute atomic E-state index is 0.221. The molecule has 0 saturated carbocycles. The fraction of sp³-hybridized carbons (Fsp3) is 0.238. The third kappa shape index (κ3) is 4.31. The highest BCUT2D eigenvalue weighted by Gasteiger charge is 2.30. The van der Waals surface area contributed by atoms with Gasteiger partial charge in [-0.2, -0.15) is 0 Å². The van der Waals surface area contributed by atoms with Crippen molar-refractivity contribution in [2.75, 3.05) is 5.32 Å². The molecule has 1 atom stereocenters. The lowest BCUT2D eigenvalue weighted by atomic mass is 9.92. The number of para-hydroxylation sites is 1. The molecule has 0 bridgehead atoms. The summed E-state index contributed by atoms with van der Waals surface area (Å²) >= 11 is 11.5. The monoisotopic (exact) mass is 399 g/mol. The number of amides is 1. The molecule has 0 spiro atoms. The van der Waals surface area contributed by atoms with E-state index in [1.54, 1.807) is 12.1 Å². The van der Waals surface area contributed by atoms with Crippen LogP contribution in [0.2, 0.25) is 5.02 Å². The SMILES string of the molecule is CC1=C(C(=O)Nc2ccccc2Cl)[C@@H](c2ccc(C(C)C)cc2)NC(=S)N1. The van der Waals surface area contributed by atoms with E-state index >= 15 is 0 Å². The molecule has 0 saturated heterocycles. The highest BCUT2D eigenvalue weighted by molar-refractivity contribution is 7.80. The Labute approximate surface area is 170 Å². The van der Waals surface area contributed by atoms with Crippen molar-refractivity contribution >= 4 is 40.5 Å². The summed E-state index contributed by atoms with van der Waals surface area (Å²) in [5.74, 6) is 0.224. The van der Waals surface area contributed by atoms with Crippen LogP contribution in [-0.4, -0.2) is 11.0 Å². The molecule has 1 amide bonds. The standard InChI is InChI=1S/C21H22ClN3OS/c1-12(2)14-8-10-15(11-9-14)19-18(13(3)23-21(27)25-19)20(26)24-17-7-5-4-6-16(17)22/h4-12,19H,1-3H3,(H,24,26)(H2,23,25,27)/t19-/m1/s1. The number of hydrogen-bond donors (Lipinski definition) is 3. The van der Waals surface area contributed by atoms with Crippen molar-refractivity contribution in [3.63, 3.8) is 0 Å². The zero-order valence-corrected chi connectivity index (χ0v) is 17.0. The van der Waals surface area contributed by atoms with Crippen LogP contribution in [0.4, 0.5) is 5.69 Å². The summed E-state index contributed by atoms with van der Waals surface area (Å²) in [6.45, 7) is 6.16. The molecule has 3 N–H and O–H groups in total. The van der Waals surface area contributed by atoms with Gasteiger partial charge in [-0.05, 0) is 48.3 Å². The molecule has 0 unspecified atom stereocenters. The largest absolute Gasteiger partial charge is 0.351 e. The lowest BCUT2D eigenvalue weighted by Gasteiger charge is -2.30. The number of anilines is 1. The molecule has 1 heterocycles. The molecule has 0 fully saturated rings. The van der Waals surface area contributed by atoms with E-state index in [2.05, 4.69) is 41.9 Å². The van der Waals surface area contributed by atoms with Gasteiger partial charge in [0.25, 0.3) is 5.91 Å². The summed E-state index contributed by atoms with van der Waals surface area (Å²) in [5, 5.41) is 10.2. The van der Waals surface area contributed by atoms with Gasteiger partial charge in [-0.25, -0.2) is 0 Å². The highest BCUT2D eigenvalue weighted by Crippen LogP contribution is 2.30. The number of rotatable bonds is 4. The summed E-state index contributed by atoms with van der Waals surface area (Å²) in [7, 11) is 0. The lowest BCUT2D eigenvalue weighted by molar-refractivity contribution is -0.113. The molecule has 0 aliphatic carbocycles. The maximum Gasteiger partial charge on any atom is 0.255 e. The van der Waals surface area contributed by atoms with E-state index in [0.29, 0.717) is 27.3 Å². The molecule has 27 heavy (non-hydrogen) atoms. The van der Waals surface area contributed by atoms with Crippen molar-refractivity contribution < 1.29 is 4.79 Å². The van der Waals surface area contributed by atoms with Gasteiger partial charge in [0, 0.05) is 5.70 Å². The first-order valence-corrected chi connectivity index (χ1v) is 9.59. The summed E-state index contributed by atoms with van der Waals surface area (Å²) in [4.78, 5) is 13.0. The highest BCUT2D eigenvalue weighted by atomic mass is 35.5. The van der Waals surface area contributed by atoms with Gasteiger partial charge in [0.1, 0.15) is 0 Å². The zero-order valence-electron chi connectivity index (χ0n) is 15.5. The molecule has 6 heteroatoms. The molecular formula is C21H22ClN3OS. The summed E-state index contributed by atoms with van der Waals surface area (Å²) in [6, 6.07) is 15.1. The molecule has 1 aliphatic rings. The number of allylic oxidation sites excluding steroid dienone is 1. The number of hydrogen-bond acceptors (Lipinski definition) is 2. The Morgan fingerprint density at radius 1 is 1.15 bits per heavy atom. The van der Waals surface area contributed by atoms with Gasteiger partial charge in [-0.15, -0.1) is 0 Å². The quantitative estimate of drug-likeness (QED) is 0.640. The minimum Gasteiger partial charge on any atom is -0.351 e. The fourth-order valence-electron chi connectivity index (χ4n) is 3.07. The van der Waals surface area contributed by atoms with Gasteiger partial charge >= 0.3 is 0 Å². The Kier molecular flexibility index (Phi) is 5.82. The van der Waals surface area contributed by atoms with Gasteiger partial charge in [0.05, 0.1) is 22.3 Å². The molecule has 1 aliphatic heterocycles. The maximum absolute atomic E-state index is 13.0. The summed E-state index contributed by atoms with van der Waals surface area (Å²) < 4.78 is 0. The van der Waals surface area contributed by atoms with Crippen molar-refractivity contribution in [3.8, 4) is 0 Å². The Bertz CT molecular complexity index is 906. The van der Waals surface area contributed by atoms with Crippen molar-refractivity contribution in [3.05, 3.63) is 76.0 Å². The second-order valence-electron chi connectivity index (χ2n) is 6.83. The van der Waals surface area contributed by atoms with Crippen LogP contribution in [0.3, 0.4) is 0 Å². The first kappa shape index (κ1) is 19.4. The molecule has 2 aromatic carbocycles. The molecule has 0 radical (unpaired) electrons. The molecule has 3 rings (SSSR count). The van der Waals surface area contributed by atoms with Crippen LogP contribution in [0.5, 0.6) is 0 Å². The van der Waals surface area contributed by atoms with Crippen molar-refractivity contribution in [2.24, 2.45) is 0 Å². The van der Waals surface area contributed by atoms with Crippen LogP contribution in [-0.2, 0) is 4.79 Å². The van der Waals surface area contributed by atoms with Gasteiger partial charge in [0.15, 0.2) is 5.11 Å². The number of carbonyl (C=O) groups excluding carboxylic acids is 1. The molecule has 2 aromatic rings. The second-order valence-corrected chi connectivity index (χ2v) is 7.64. The van der Waals surface area contributed by atoms with E-state index in [1.165, 1.54) is 5.56 Å². The predicted octanol–water partition coefficient (Wildman–Crippen LogP) is 4.89. The van der Waals surface area contributed by atoms with Crippen molar-refractivity contribution in [1.82, 2.24) is 10.6 Å². The molecular weight excluding hydrogens is 378 g/mol. The lowest BCUT2D eigenvalue weighted by Crippen LogP contribution is -2.45. The maximum atomic E-state index is 13.0. The Morgan fingerprint density at radius 2 is 1.81 bits per heavy atom. The fourth-order valence-corrected chi connectivity index (χ4v) is 3.52. The van der Waals surface area contributed by atoms with Gasteiger partial charge in [-0.3, -0.25) is 4.79 Å². The number of benzene rings is 2. The van der Waals surface area contributed by atoms with E-state index in [4.69, 9.17) is 23.8 Å². The average Bonchev–Trinajstić information content (AvgIpc) is 2.63. The number of thiocarbonyl (C=S) groups is 1. The normalized spacial score (nSPS) is 16.8. The summed E-state index contributed by atoms with van der Waals surface area (Å²) in [6.07, 6.45) is 0. The van der Waals surface area contributed by atoms with Crippen LogP contribution in [0, 0.1) is 0 Å². The van der Waals surface area contributed by atoms with Crippen LogP contribution in [0.15, 0.2) is 59.8 Å². The van der Waals surface area contributed by atoms with Gasteiger partial charge in [-0.1, -0.05) is 61.8 Å². The van der Waals surface area contributed by atoms with Gasteiger partial charge in [0.2, 0.25) is 0 Å². The van der Waals surface area contributed by atoms with Gasteiger partial charge < -0.3 is 16.0 Å². The van der Waals surface area contributed by atoms with E-state index in [1.807, 2.05) is 31.2 Å². The van der Waals surface area contributed by atoms with Crippen LogP contribution in [0.25, 0.3) is 0 Å². The minimum atomic E-state index is -0.331. The number of nitrogens with one attached hydrogen (secondary N) is 3. The Morgan fingerprint density at radius 3 is 2.44 bits per heavy atom. The second kappa shape index (κ2) is 8.11. The van der Waals surface area contributed by atoms with E-state index < -0.39 is 0 Å². The predicted molar refractivity (Wildman–Crippen MR) is 115 cm³/mol. The topological polar surface area (TPSA) is 53.2 Å². The van der Waals surface area contributed by atoms with E-state index in [9.17, 15) is 4.79 Å². The average molecular weight is 400 g/mol. The van der Waals surface area contributed by atoms with Crippen molar-refractivity contribution in [1.29, 1.82) is 0 Å². The third-order valence-electron chi connectivity index (χ3n) is 4.57. The van der Waals surface area contributed by atoms with E-state index in [-0.39, 0.29) is 11.9 Å². The first-order valence-electron chi connectivity index (χ1n) is 8.81. The number of carbonyl (C=O) groups is 1. The summed E-state index contributed by atoms with van der Waals surface area (Å²) in [5.41, 5.74) is 4.11. The van der Waals surface area contributed by atoms with Crippen LogP contribution in [0.1, 0.15) is 43.9 Å². The number of halogens is 1. The van der Waals surface area contributed by atoms with Crippen LogP contribution >= 0.6 is 23.8 Å². The van der Waals surface area contributed by atoms with Crippen LogP contribution < -0.4 is 16.0 Å².